The van der Waals surface area contributed by atoms with Gasteiger partial charge in [-0.1, -0.05) is 17.7 Å². The predicted molar refractivity (Wildman–Crippen MR) is 81.3 cm³/mol. The van der Waals surface area contributed by atoms with Gasteiger partial charge >= 0.3 is 6.09 Å². The number of hydrogen-bond acceptors (Lipinski definition) is 4. The molecule has 124 valence electrons. The highest BCUT2D eigenvalue weighted by molar-refractivity contribution is 6.30. The monoisotopic (exact) mass is 333 g/mol. The molecule has 0 aliphatic heterocycles. The molecule has 1 rings (SSSR count). The highest BCUT2D eigenvalue weighted by atomic mass is 35.5. The number of hydrogen-bond donors (Lipinski definition) is 2. The third kappa shape index (κ3) is 5.79. The highest BCUT2D eigenvalue weighted by Gasteiger charge is 2.24. The van der Waals surface area contributed by atoms with Gasteiger partial charge in [0.1, 0.15) is 11.4 Å². The van der Waals surface area contributed by atoms with Gasteiger partial charge in [0, 0.05) is 6.54 Å². The molecule has 0 spiro atoms. The van der Waals surface area contributed by atoms with Crippen LogP contribution in [0.25, 0.3) is 0 Å². The summed E-state index contributed by atoms with van der Waals surface area (Å²) >= 11 is 5.59. The molecule has 1 unspecified atom stereocenters. The zero-order valence-electron chi connectivity index (χ0n) is 12.8. The van der Waals surface area contributed by atoms with Crippen molar-refractivity contribution in [3.8, 4) is 0 Å². The molecule has 1 aromatic rings. The van der Waals surface area contributed by atoms with Crippen molar-refractivity contribution in [1.29, 1.82) is 0 Å². The fourth-order valence-electron chi connectivity index (χ4n) is 1.74. The van der Waals surface area contributed by atoms with Crippen LogP contribution < -0.4 is 0 Å². The molecule has 0 aliphatic carbocycles. The molecular weight excluding hydrogens is 313 g/mol. The van der Waals surface area contributed by atoms with Gasteiger partial charge in [-0.25, -0.2) is 9.18 Å². The Labute approximate surface area is 134 Å². The number of rotatable bonds is 5. The quantitative estimate of drug-likeness (QED) is 0.869. The Balaban J connectivity index is 2.80. The summed E-state index contributed by atoms with van der Waals surface area (Å²) in [7, 11) is 0. The standard InChI is InChI=1S/C15H21ClFNO4/c1-15(2,3)22-14(21)18(6-7-19)9-13(20)10-4-5-11(16)12(17)8-10/h4-5,8,13,19-20H,6-7,9H2,1-3H3. The summed E-state index contributed by atoms with van der Waals surface area (Å²) in [4.78, 5) is 13.2. The van der Waals surface area contributed by atoms with Gasteiger partial charge in [-0.3, -0.25) is 0 Å². The molecule has 1 aromatic carbocycles. The molecule has 7 heteroatoms. The number of ether oxygens (including phenoxy) is 1. The Morgan fingerprint density at radius 3 is 2.59 bits per heavy atom. The second-order valence-corrected chi connectivity index (χ2v) is 6.25. The van der Waals surface area contributed by atoms with Gasteiger partial charge in [0.05, 0.1) is 24.3 Å². The highest BCUT2D eigenvalue weighted by Crippen LogP contribution is 2.21. The first-order chi connectivity index (χ1) is 10.1. The van der Waals surface area contributed by atoms with E-state index in [1.54, 1.807) is 20.8 Å². The van der Waals surface area contributed by atoms with Crippen LogP contribution in [0.3, 0.4) is 0 Å². The van der Waals surface area contributed by atoms with E-state index in [2.05, 4.69) is 0 Å². The van der Waals surface area contributed by atoms with E-state index in [1.807, 2.05) is 0 Å². The Bertz CT molecular complexity index is 519. The van der Waals surface area contributed by atoms with E-state index in [0.717, 1.165) is 6.07 Å². The maximum atomic E-state index is 13.4. The summed E-state index contributed by atoms with van der Waals surface area (Å²) < 4.78 is 18.6. The Morgan fingerprint density at radius 1 is 1.45 bits per heavy atom. The van der Waals surface area contributed by atoms with Gasteiger partial charge in [-0.05, 0) is 38.5 Å². The van der Waals surface area contributed by atoms with E-state index in [4.69, 9.17) is 21.4 Å². The molecule has 0 aromatic heterocycles. The number of aliphatic hydroxyl groups excluding tert-OH is 2. The Hall–Kier alpha value is -1.37. The maximum absolute atomic E-state index is 13.4. The fourth-order valence-corrected chi connectivity index (χ4v) is 1.86. The first kappa shape index (κ1) is 18.7. The van der Waals surface area contributed by atoms with Crippen molar-refractivity contribution < 1.29 is 24.1 Å². The first-order valence-electron chi connectivity index (χ1n) is 6.86. The molecule has 2 N–H and O–H groups in total. The molecular formula is C15H21ClFNO4. The minimum atomic E-state index is -1.12. The second kappa shape index (κ2) is 7.76. The zero-order valence-corrected chi connectivity index (χ0v) is 13.6. The minimum Gasteiger partial charge on any atom is -0.444 e. The van der Waals surface area contributed by atoms with Gasteiger partial charge in [-0.15, -0.1) is 0 Å². The van der Waals surface area contributed by atoms with Crippen LogP contribution in [0.15, 0.2) is 18.2 Å². The SMILES string of the molecule is CC(C)(C)OC(=O)N(CCO)CC(O)c1ccc(Cl)c(F)c1. The van der Waals surface area contributed by atoms with Crippen LogP contribution in [0.2, 0.25) is 5.02 Å². The van der Waals surface area contributed by atoms with Crippen molar-refractivity contribution in [2.45, 2.75) is 32.5 Å². The topological polar surface area (TPSA) is 70.0 Å². The largest absolute Gasteiger partial charge is 0.444 e. The molecule has 0 saturated carbocycles. The van der Waals surface area contributed by atoms with Crippen LogP contribution >= 0.6 is 11.6 Å². The predicted octanol–water partition coefficient (Wildman–Crippen LogP) is 2.74. The van der Waals surface area contributed by atoms with Gasteiger partial charge in [0.2, 0.25) is 0 Å². The van der Waals surface area contributed by atoms with Crippen LogP contribution in [0.4, 0.5) is 9.18 Å². The van der Waals surface area contributed by atoms with Crippen LogP contribution in [0.1, 0.15) is 32.4 Å². The lowest BCUT2D eigenvalue weighted by molar-refractivity contribution is 0.0109. The third-order valence-electron chi connectivity index (χ3n) is 2.74. The summed E-state index contributed by atoms with van der Waals surface area (Å²) in [6.45, 7) is 4.74. The normalized spacial score (nSPS) is 12.9. The van der Waals surface area contributed by atoms with Crippen LogP contribution in [0.5, 0.6) is 0 Å². The molecule has 22 heavy (non-hydrogen) atoms. The number of carbonyl (C=O) groups is 1. The number of benzene rings is 1. The van der Waals surface area contributed by atoms with E-state index in [9.17, 15) is 14.3 Å². The van der Waals surface area contributed by atoms with E-state index in [-0.39, 0.29) is 30.3 Å². The summed E-state index contributed by atoms with van der Waals surface area (Å²) in [5, 5.41) is 19.1. The zero-order chi connectivity index (χ0) is 16.9. The lowest BCUT2D eigenvalue weighted by Gasteiger charge is -2.28. The van der Waals surface area contributed by atoms with E-state index >= 15 is 0 Å². The van der Waals surface area contributed by atoms with E-state index in [0.29, 0.717) is 0 Å². The summed E-state index contributed by atoms with van der Waals surface area (Å²) in [6.07, 6.45) is -1.78. The summed E-state index contributed by atoms with van der Waals surface area (Å²) in [5.41, 5.74) is -0.407. The van der Waals surface area contributed by atoms with Gasteiger partial charge < -0.3 is 19.8 Å². The molecule has 1 amide bonds. The lowest BCUT2D eigenvalue weighted by atomic mass is 10.1. The van der Waals surface area contributed by atoms with Crippen molar-refractivity contribution in [3.63, 3.8) is 0 Å². The molecule has 0 aliphatic rings. The van der Waals surface area contributed by atoms with Crippen LogP contribution in [-0.2, 0) is 4.74 Å². The van der Waals surface area contributed by atoms with Crippen LogP contribution in [0, 0.1) is 5.82 Å². The van der Waals surface area contributed by atoms with Gasteiger partial charge in [-0.2, -0.15) is 0 Å². The van der Waals surface area contributed by atoms with Gasteiger partial charge in [0.15, 0.2) is 0 Å². The lowest BCUT2D eigenvalue weighted by Crippen LogP contribution is -2.40. The van der Waals surface area contributed by atoms with Crippen molar-refractivity contribution in [2.24, 2.45) is 0 Å². The average Bonchev–Trinajstić information content (AvgIpc) is 2.39. The molecule has 0 heterocycles. The molecule has 0 fully saturated rings. The van der Waals surface area contributed by atoms with E-state index in [1.165, 1.54) is 17.0 Å². The number of carbonyl (C=O) groups excluding carboxylic acids is 1. The average molecular weight is 334 g/mol. The third-order valence-corrected chi connectivity index (χ3v) is 3.05. The smallest absolute Gasteiger partial charge is 0.410 e. The number of halogens is 2. The van der Waals surface area contributed by atoms with Gasteiger partial charge in [0.25, 0.3) is 0 Å². The molecule has 0 radical (unpaired) electrons. The maximum Gasteiger partial charge on any atom is 0.410 e. The molecule has 5 nitrogen and oxygen atoms in total. The molecule has 0 bridgehead atoms. The Kier molecular flexibility index (Phi) is 6.59. The number of amides is 1. The van der Waals surface area contributed by atoms with Crippen molar-refractivity contribution in [3.05, 3.63) is 34.6 Å². The van der Waals surface area contributed by atoms with Crippen LogP contribution in [-0.4, -0.2) is 46.5 Å². The van der Waals surface area contributed by atoms with Crippen molar-refractivity contribution in [2.75, 3.05) is 19.7 Å². The molecule has 0 saturated heterocycles. The van der Waals surface area contributed by atoms with Crippen molar-refractivity contribution in [1.82, 2.24) is 4.90 Å². The minimum absolute atomic E-state index is 0.00203. The summed E-state index contributed by atoms with van der Waals surface area (Å²) in [6, 6.07) is 3.92. The number of nitrogens with zero attached hydrogens (tertiary/aromatic N) is 1. The second-order valence-electron chi connectivity index (χ2n) is 5.84. The fraction of sp³-hybridized carbons (Fsp3) is 0.533. The summed E-state index contributed by atoms with van der Waals surface area (Å²) in [5.74, 6) is -0.649. The molecule has 1 atom stereocenters. The number of aliphatic hydroxyl groups is 2. The Morgan fingerprint density at radius 2 is 2.09 bits per heavy atom. The van der Waals surface area contributed by atoms with E-state index < -0.39 is 23.6 Å². The first-order valence-corrected chi connectivity index (χ1v) is 7.23. The van der Waals surface area contributed by atoms with Crippen molar-refractivity contribution >= 4 is 17.7 Å².